The van der Waals surface area contributed by atoms with Crippen molar-refractivity contribution >= 4 is 28.1 Å². The Bertz CT molecular complexity index is 899. The van der Waals surface area contributed by atoms with Gasteiger partial charge in [0.1, 0.15) is 5.75 Å². The standard InChI is InChI=1S/C20H16BrN3O2/c21-18-11-17(16-6-2-1-3-7-16)8-9-19(18)26-14-20(25)24-23-13-15-5-4-10-22-12-15/h1-13H,14H2,(H,24,25)/b23-13+. The van der Waals surface area contributed by atoms with Crippen LogP contribution < -0.4 is 10.2 Å². The zero-order valence-electron chi connectivity index (χ0n) is 13.8. The van der Waals surface area contributed by atoms with Crippen molar-refractivity contribution in [1.29, 1.82) is 0 Å². The van der Waals surface area contributed by atoms with E-state index in [9.17, 15) is 4.79 Å². The van der Waals surface area contributed by atoms with Crippen molar-refractivity contribution in [3.05, 3.63) is 83.1 Å². The van der Waals surface area contributed by atoms with E-state index in [0.717, 1.165) is 21.2 Å². The van der Waals surface area contributed by atoms with Gasteiger partial charge in [-0.05, 0) is 45.3 Å². The monoisotopic (exact) mass is 409 g/mol. The van der Waals surface area contributed by atoms with Gasteiger partial charge < -0.3 is 4.74 Å². The van der Waals surface area contributed by atoms with Crippen LogP contribution in [0, 0.1) is 0 Å². The molecule has 3 aromatic rings. The number of carbonyl (C=O) groups is 1. The molecule has 130 valence electrons. The summed E-state index contributed by atoms with van der Waals surface area (Å²) in [6.07, 6.45) is 4.84. The maximum Gasteiger partial charge on any atom is 0.277 e. The highest BCUT2D eigenvalue weighted by Crippen LogP contribution is 2.30. The summed E-state index contributed by atoms with van der Waals surface area (Å²) in [5.74, 6) is 0.250. The van der Waals surface area contributed by atoms with Gasteiger partial charge in [-0.2, -0.15) is 5.10 Å². The summed E-state index contributed by atoms with van der Waals surface area (Å²) in [6.45, 7) is -0.131. The lowest BCUT2D eigenvalue weighted by Gasteiger charge is -2.09. The molecule has 0 aliphatic carbocycles. The Kier molecular flexibility index (Phi) is 6.11. The topological polar surface area (TPSA) is 63.6 Å². The van der Waals surface area contributed by atoms with E-state index in [-0.39, 0.29) is 12.5 Å². The molecule has 3 rings (SSSR count). The lowest BCUT2D eigenvalue weighted by atomic mass is 10.1. The molecule has 5 nitrogen and oxygen atoms in total. The van der Waals surface area contributed by atoms with Gasteiger partial charge in [-0.25, -0.2) is 5.43 Å². The Labute approximate surface area is 159 Å². The molecule has 0 fully saturated rings. The molecule has 0 radical (unpaired) electrons. The average molecular weight is 410 g/mol. The van der Waals surface area contributed by atoms with Gasteiger partial charge in [0, 0.05) is 18.0 Å². The number of hydrazone groups is 1. The van der Waals surface area contributed by atoms with Crippen LogP contribution in [0.3, 0.4) is 0 Å². The van der Waals surface area contributed by atoms with Crippen LogP contribution in [0.2, 0.25) is 0 Å². The molecule has 26 heavy (non-hydrogen) atoms. The second kappa shape index (κ2) is 8.92. The SMILES string of the molecule is O=C(COc1ccc(-c2ccccc2)cc1Br)N/N=C/c1cccnc1. The largest absolute Gasteiger partial charge is 0.483 e. The molecule has 1 aromatic heterocycles. The average Bonchev–Trinajstić information content (AvgIpc) is 2.68. The first kappa shape index (κ1) is 17.8. The van der Waals surface area contributed by atoms with Crippen LogP contribution in [0.1, 0.15) is 5.56 Å². The third-order valence-electron chi connectivity index (χ3n) is 3.49. The highest BCUT2D eigenvalue weighted by molar-refractivity contribution is 9.10. The molecule has 2 aromatic carbocycles. The summed E-state index contributed by atoms with van der Waals surface area (Å²) in [5.41, 5.74) is 5.40. The van der Waals surface area contributed by atoms with Gasteiger partial charge in [0.15, 0.2) is 6.61 Å². The van der Waals surface area contributed by atoms with E-state index < -0.39 is 0 Å². The van der Waals surface area contributed by atoms with E-state index in [4.69, 9.17) is 4.74 Å². The number of nitrogens with zero attached hydrogens (tertiary/aromatic N) is 2. The Morgan fingerprint density at radius 2 is 1.96 bits per heavy atom. The van der Waals surface area contributed by atoms with Crippen LogP contribution in [0.15, 0.2) is 82.6 Å². The van der Waals surface area contributed by atoms with Crippen molar-refractivity contribution in [2.24, 2.45) is 5.10 Å². The number of carbonyl (C=O) groups excluding carboxylic acids is 1. The first-order chi connectivity index (χ1) is 12.7. The van der Waals surface area contributed by atoms with Gasteiger partial charge in [0.05, 0.1) is 10.7 Å². The van der Waals surface area contributed by atoms with Crippen LogP contribution >= 0.6 is 15.9 Å². The highest BCUT2D eigenvalue weighted by atomic mass is 79.9. The smallest absolute Gasteiger partial charge is 0.277 e. The molecule has 6 heteroatoms. The van der Waals surface area contributed by atoms with Crippen LogP contribution in [-0.2, 0) is 4.79 Å². The molecule has 1 N–H and O–H groups in total. The third kappa shape index (κ3) is 5.00. The van der Waals surface area contributed by atoms with E-state index in [1.807, 2.05) is 54.6 Å². The zero-order chi connectivity index (χ0) is 18.2. The van der Waals surface area contributed by atoms with Crippen molar-refractivity contribution in [1.82, 2.24) is 10.4 Å². The lowest BCUT2D eigenvalue weighted by Crippen LogP contribution is -2.24. The predicted octanol–water partition coefficient (Wildman–Crippen LogP) is 4.04. The summed E-state index contributed by atoms with van der Waals surface area (Å²) < 4.78 is 6.33. The Morgan fingerprint density at radius 3 is 2.69 bits per heavy atom. The number of amides is 1. The highest BCUT2D eigenvalue weighted by Gasteiger charge is 2.07. The minimum Gasteiger partial charge on any atom is -0.483 e. The second-order valence-corrected chi connectivity index (χ2v) is 6.23. The van der Waals surface area contributed by atoms with Gasteiger partial charge in [0.25, 0.3) is 5.91 Å². The summed E-state index contributed by atoms with van der Waals surface area (Å²) in [4.78, 5) is 15.8. The van der Waals surface area contributed by atoms with Crippen molar-refractivity contribution in [2.75, 3.05) is 6.61 Å². The summed E-state index contributed by atoms with van der Waals surface area (Å²) >= 11 is 3.48. The number of nitrogens with one attached hydrogen (secondary N) is 1. The van der Waals surface area contributed by atoms with Gasteiger partial charge in [-0.1, -0.05) is 42.5 Å². The zero-order valence-corrected chi connectivity index (χ0v) is 15.4. The molecule has 0 saturated carbocycles. The van der Waals surface area contributed by atoms with Crippen LogP contribution in [-0.4, -0.2) is 23.7 Å². The normalized spacial score (nSPS) is 10.7. The van der Waals surface area contributed by atoms with Gasteiger partial charge >= 0.3 is 0 Å². The molecule has 0 aliphatic heterocycles. The number of hydrogen-bond acceptors (Lipinski definition) is 4. The minimum atomic E-state index is -0.343. The second-order valence-electron chi connectivity index (χ2n) is 5.38. The molecule has 1 heterocycles. The number of aromatic nitrogens is 1. The molecule has 0 spiro atoms. The molecular formula is C20H16BrN3O2. The van der Waals surface area contributed by atoms with Crippen molar-refractivity contribution in [2.45, 2.75) is 0 Å². The lowest BCUT2D eigenvalue weighted by molar-refractivity contribution is -0.123. The van der Waals surface area contributed by atoms with E-state index in [2.05, 4.69) is 31.4 Å². The Hall–Kier alpha value is -2.99. The molecule has 0 saturated heterocycles. The summed E-state index contributed by atoms with van der Waals surface area (Å²) in [6, 6.07) is 19.4. The molecule has 0 unspecified atom stereocenters. The minimum absolute atomic E-state index is 0.131. The van der Waals surface area contributed by atoms with E-state index in [1.165, 1.54) is 6.21 Å². The Morgan fingerprint density at radius 1 is 1.12 bits per heavy atom. The number of benzene rings is 2. The van der Waals surface area contributed by atoms with Gasteiger partial charge in [-0.15, -0.1) is 0 Å². The fourth-order valence-corrected chi connectivity index (χ4v) is 2.73. The number of hydrogen-bond donors (Lipinski definition) is 1. The first-order valence-electron chi connectivity index (χ1n) is 7.92. The number of ether oxygens (including phenoxy) is 1. The number of halogens is 1. The van der Waals surface area contributed by atoms with E-state index >= 15 is 0 Å². The van der Waals surface area contributed by atoms with Crippen molar-refractivity contribution in [3.63, 3.8) is 0 Å². The summed E-state index contributed by atoms with van der Waals surface area (Å²) in [7, 11) is 0. The van der Waals surface area contributed by atoms with Crippen LogP contribution in [0.5, 0.6) is 5.75 Å². The van der Waals surface area contributed by atoms with E-state index in [0.29, 0.717) is 5.75 Å². The fourth-order valence-electron chi connectivity index (χ4n) is 2.23. The Balaban J connectivity index is 1.54. The molecule has 1 amide bonds. The molecule has 0 atom stereocenters. The quantitative estimate of drug-likeness (QED) is 0.493. The molecular weight excluding hydrogens is 394 g/mol. The third-order valence-corrected chi connectivity index (χ3v) is 4.10. The fraction of sp³-hybridized carbons (Fsp3) is 0.0500. The summed E-state index contributed by atoms with van der Waals surface area (Å²) in [5, 5.41) is 3.87. The predicted molar refractivity (Wildman–Crippen MR) is 105 cm³/mol. The van der Waals surface area contributed by atoms with Gasteiger partial charge in [-0.3, -0.25) is 9.78 Å². The van der Waals surface area contributed by atoms with Crippen LogP contribution in [0.25, 0.3) is 11.1 Å². The number of rotatable bonds is 6. The molecule has 0 bridgehead atoms. The van der Waals surface area contributed by atoms with Crippen molar-refractivity contribution < 1.29 is 9.53 Å². The van der Waals surface area contributed by atoms with E-state index in [1.54, 1.807) is 18.5 Å². The first-order valence-corrected chi connectivity index (χ1v) is 8.71. The maximum absolute atomic E-state index is 11.8. The van der Waals surface area contributed by atoms with Crippen molar-refractivity contribution in [3.8, 4) is 16.9 Å². The van der Waals surface area contributed by atoms with Crippen LogP contribution in [0.4, 0.5) is 0 Å². The van der Waals surface area contributed by atoms with Gasteiger partial charge in [0.2, 0.25) is 0 Å². The number of pyridine rings is 1. The maximum atomic E-state index is 11.8. The molecule has 0 aliphatic rings.